The van der Waals surface area contributed by atoms with E-state index in [0.717, 1.165) is 30.1 Å². The van der Waals surface area contributed by atoms with Crippen LogP contribution < -0.4 is 5.32 Å². The maximum atomic E-state index is 3.68. The van der Waals surface area contributed by atoms with Gasteiger partial charge in [0, 0.05) is 24.7 Å². The molecule has 2 saturated heterocycles. The molecule has 0 radical (unpaired) electrons. The minimum Gasteiger partial charge on any atom is -0.314 e. The molecule has 18 heavy (non-hydrogen) atoms. The molecule has 1 aliphatic carbocycles. The van der Waals surface area contributed by atoms with E-state index >= 15 is 0 Å². The SMILES string of the molecule is CCCC1(CN2C3CCC2CC(NCC)C3)CC1. The third kappa shape index (κ3) is 2.46. The highest BCUT2D eigenvalue weighted by molar-refractivity contribution is 5.03. The minimum atomic E-state index is 0.751. The summed E-state index contributed by atoms with van der Waals surface area (Å²) in [7, 11) is 0. The first-order valence-corrected chi connectivity index (χ1v) is 8.25. The van der Waals surface area contributed by atoms with Gasteiger partial charge in [-0.3, -0.25) is 4.90 Å². The Balaban J connectivity index is 1.58. The lowest BCUT2D eigenvalue weighted by molar-refractivity contribution is 0.0898. The summed E-state index contributed by atoms with van der Waals surface area (Å²) in [5.41, 5.74) is 0.751. The van der Waals surface area contributed by atoms with Crippen LogP contribution in [0.2, 0.25) is 0 Å². The van der Waals surface area contributed by atoms with Crippen LogP contribution >= 0.6 is 0 Å². The Morgan fingerprint density at radius 2 is 1.78 bits per heavy atom. The van der Waals surface area contributed by atoms with Gasteiger partial charge >= 0.3 is 0 Å². The molecule has 2 bridgehead atoms. The number of hydrogen-bond acceptors (Lipinski definition) is 2. The summed E-state index contributed by atoms with van der Waals surface area (Å²) >= 11 is 0. The maximum absolute atomic E-state index is 3.68. The molecule has 3 rings (SSSR count). The molecular weight excluding hydrogens is 220 g/mol. The molecule has 104 valence electrons. The van der Waals surface area contributed by atoms with Gasteiger partial charge < -0.3 is 5.32 Å². The molecule has 0 aromatic rings. The number of piperidine rings is 1. The first-order valence-electron chi connectivity index (χ1n) is 8.25. The van der Waals surface area contributed by atoms with Gasteiger partial charge in [-0.05, 0) is 56.9 Å². The van der Waals surface area contributed by atoms with Crippen LogP contribution in [0.3, 0.4) is 0 Å². The van der Waals surface area contributed by atoms with Crippen LogP contribution in [-0.2, 0) is 0 Å². The summed E-state index contributed by atoms with van der Waals surface area (Å²) < 4.78 is 0. The van der Waals surface area contributed by atoms with E-state index in [9.17, 15) is 0 Å². The highest BCUT2D eigenvalue weighted by Crippen LogP contribution is 2.52. The molecule has 0 amide bonds. The van der Waals surface area contributed by atoms with Gasteiger partial charge in [-0.15, -0.1) is 0 Å². The van der Waals surface area contributed by atoms with Crippen molar-refractivity contribution in [3.05, 3.63) is 0 Å². The second-order valence-electron chi connectivity index (χ2n) is 7.03. The smallest absolute Gasteiger partial charge is 0.0114 e. The van der Waals surface area contributed by atoms with E-state index in [1.165, 1.54) is 57.9 Å². The van der Waals surface area contributed by atoms with Crippen molar-refractivity contribution in [1.82, 2.24) is 10.2 Å². The summed E-state index contributed by atoms with van der Waals surface area (Å²) in [6.07, 6.45) is 11.6. The number of nitrogens with zero attached hydrogens (tertiary/aromatic N) is 1. The van der Waals surface area contributed by atoms with Crippen LogP contribution in [0.25, 0.3) is 0 Å². The van der Waals surface area contributed by atoms with E-state index in [1.807, 2.05) is 0 Å². The number of fused-ring (bicyclic) bond motifs is 2. The fraction of sp³-hybridized carbons (Fsp3) is 1.00. The first kappa shape index (κ1) is 12.9. The van der Waals surface area contributed by atoms with Crippen LogP contribution in [0.4, 0.5) is 0 Å². The van der Waals surface area contributed by atoms with Gasteiger partial charge in [0.05, 0.1) is 0 Å². The molecule has 2 aliphatic heterocycles. The third-order valence-electron chi connectivity index (χ3n) is 5.63. The number of nitrogens with one attached hydrogen (secondary N) is 1. The molecule has 2 heterocycles. The van der Waals surface area contributed by atoms with Gasteiger partial charge in [0.2, 0.25) is 0 Å². The van der Waals surface area contributed by atoms with E-state index < -0.39 is 0 Å². The summed E-state index contributed by atoms with van der Waals surface area (Å²) in [6.45, 7) is 7.17. The van der Waals surface area contributed by atoms with Crippen LogP contribution in [0.5, 0.6) is 0 Å². The van der Waals surface area contributed by atoms with E-state index in [0.29, 0.717) is 0 Å². The molecule has 1 N–H and O–H groups in total. The van der Waals surface area contributed by atoms with Crippen molar-refractivity contribution in [3.63, 3.8) is 0 Å². The molecule has 2 heteroatoms. The van der Waals surface area contributed by atoms with Crippen molar-refractivity contribution in [2.24, 2.45) is 5.41 Å². The summed E-state index contributed by atoms with van der Waals surface area (Å²) in [6, 6.07) is 2.62. The highest BCUT2D eigenvalue weighted by Gasteiger charge is 2.48. The topological polar surface area (TPSA) is 15.3 Å². The Labute approximate surface area is 113 Å². The monoisotopic (exact) mass is 250 g/mol. The van der Waals surface area contributed by atoms with Gasteiger partial charge in [-0.2, -0.15) is 0 Å². The maximum Gasteiger partial charge on any atom is 0.0114 e. The summed E-state index contributed by atoms with van der Waals surface area (Å²) in [4.78, 5) is 2.91. The Morgan fingerprint density at radius 1 is 1.11 bits per heavy atom. The van der Waals surface area contributed by atoms with E-state index in [4.69, 9.17) is 0 Å². The van der Waals surface area contributed by atoms with Crippen molar-refractivity contribution in [1.29, 1.82) is 0 Å². The van der Waals surface area contributed by atoms with E-state index in [2.05, 4.69) is 24.1 Å². The largest absolute Gasteiger partial charge is 0.314 e. The Bertz CT molecular complexity index is 271. The molecule has 0 spiro atoms. The van der Waals surface area contributed by atoms with Gasteiger partial charge in [0.15, 0.2) is 0 Å². The molecular formula is C16H30N2. The molecule has 3 fully saturated rings. The fourth-order valence-electron chi connectivity index (χ4n) is 4.57. The predicted octanol–water partition coefficient (Wildman–Crippen LogP) is 3.17. The van der Waals surface area contributed by atoms with Crippen molar-refractivity contribution in [2.45, 2.75) is 83.3 Å². The standard InChI is InChI=1S/C16H30N2/c1-3-7-16(8-9-16)12-18-14-5-6-15(18)11-13(10-14)17-4-2/h13-15,17H,3-12H2,1-2H3. The molecule has 0 aromatic heterocycles. The molecule has 1 saturated carbocycles. The quantitative estimate of drug-likeness (QED) is 0.779. The fourth-order valence-corrected chi connectivity index (χ4v) is 4.57. The van der Waals surface area contributed by atoms with E-state index in [-0.39, 0.29) is 0 Å². The van der Waals surface area contributed by atoms with Gasteiger partial charge in [0.25, 0.3) is 0 Å². The lowest BCUT2D eigenvalue weighted by atomic mass is 9.93. The zero-order valence-electron chi connectivity index (χ0n) is 12.3. The molecule has 2 nitrogen and oxygen atoms in total. The zero-order chi connectivity index (χ0) is 12.6. The molecule has 2 unspecified atom stereocenters. The Hall–Kier alpha value is -0.0800. The third-order valence-corrected chi connectivity index (χ3v) is 5.63. The first-order chi connectivity index (χ1) is 8.76. The van der Waals surface area contributed by atoms with Crippen LogP contribution in [-0.4, -0.2) is 36.1 Å². The highest BCUT2D eigenvalue weighted by atomic mass is 15.2. The number of hydrogen-bond donors (Lipinski definition) is 1. The minimum absolute atomic E-state index is 0.751. The van der Waals surface area contributed by atoms with Gasteiger partial charge in [-0.1, -0.05) is 20.3 Å². The van der Waals surface area contributed by atoms with Crippen molar-refractivity contribution in [2.75, 3.05) is 13.1 Å². The lowest BCUT2D eigenvalue weighted by Crippen LogP contribution is -2.50. The second-order valence-corrected chi connectivity index (χ2v) is 7.03. The zero-order valence-corrected chi connectivity index (χ0v) is 12.3. The van der Waals surface area contributed by atoms with Crippen molar-refractivity contribution in [3.8, 4) is 0 Å². The van der Waals surface area contributed by atoms with E-state index in [1.54, 1.807) is 0 Å². The molecule has 3 aliphatic rings. The van der Waals surface area contributed by atoms with Crippen LogP contribution in [0.1, 0.15) is 65.2 Å². The number of rotatable bonds is 6. The molecule has 0 aromatic carbocycles. The Morgan fingerprint density at radius 3 is 2.28 bits per heavy atom. The summed E-state index contributed by atoms with van der Waals surface area (Å²) in [5.74, 6) is 0. The Kier molecular flexibility index (Phi) is 3.68. The average Bonchev–Trinajstić information content (AvgIpc) is 3.05. The van der Waals surface area contributed by atoms with Crippen LogP contribution in [0.15, 0.2) is 0 Å². The summed E-state index contributed by atoms with van der Waals surface area (Å²) in [5, 5.41) is 3.68. The lowest BCUT2D eigenvalue weighted by Gasteiger charge is -2.41. The normalized spacial score (nSPS) is 38.0. The second kappa shape index (κ2) is 5.13. The molecule has 2 atom stereocenters. The predicted molar refractivity (Wildman–Crippen MR) is 76.8 cm³/mol. The van der Waals surface area contributed by atoms with Gasteiger partial charge in [0.1, 0.15) is 0 Å². The van der Waals surface area contributed by atoms with Crippen molar-refractivity contribution >= 4 is 0 Å². The van der Waals surface area contributed by atoms with Crippen LogP contribution in [0, 0.1) is 5.41 Å². The average molecular weight is 250 g/mol. The van der Waals surface area contributed by atoms with Gasteiger partial charge in [-0.25, -0.2) is 0 Å². The van der Waals surface area contributed by atoms with Crippen molar-refractivity contribution < 1.29 is 0 Å².